The molecule has 0 aliphatic heterocycles. The molecule has 2 aromatic rings. The molecule has 0 radical (unpaired) electrons. The van der Waals surface area contributed by atoms with Crippen LogP contribution in [0.25, 0.3) is 0 Å². The van der Waals surface area contributed by atoms with Crippen molar-refractivity contribution in [1.82, 2.24) is 10.3 Å². The summed E-state index contributed by atoms with van der Waals surface area (Å²) in [6.45, 7) is 0.132. The van der Waals surface area contributed by atoms with Gasteiger partial charge >= 0.3 is 0 Å². The Bertz CT molecular complexity index is 528. The minimum atomic E-state index is -0.926. The monoisotopic (exact) mass is 254 g/mol. The lowest BCUT2D eigenvalue weighted by Crippen LogP contribution is -2.23. The number of thiazole rings is 1. The van der Waals surface area contributed by atoms with Crippen LogP contribution < -0.4 is 5.32 Å². The summed E-state index contributed by atoms with van der Waals surface area (Å²) >= 11 is 1.31. The van der Waals surface area contributed by atoms with Gasteiger partial charge in [-0.05, 0) is 17.7 Å². The Morgan fingerprint density at radius 1 is 1.35 bits per heavy atom. The highest BCUT2D eigenvalue weighted by Gasteiger charge is 2.08. The second kappa shape index (κ2) is 5.01. The standard InChI is InChI=1S/C11H8F2N2OS/c12-8-2-1-7(3-9(8)13)4-14-11(16)10-5-17-6-15-10/h1-3,5-6H,4H2,(H,14,16). The van der Waals surface area contributed by atoms with Crippen molar-refractivity contribution < 1.29 is 13.6 Å². The summed E-state index contributed by atoms with van der Waals surface area (Å²) in [4.78, 5) is 15.3. The van der Waals surface area contributed by atoms with E-state index in [0.29, 0.717) is 11.3 Å². The van der Waals surface area contributed by atoms with Gasteiger partial charge in [-0.3, -0.25) is 4.79 Å². The molecule has 1 amide bonds. The molecule has 1 N–H and O–H groups in total. The van der Waals surface area contributed by atoms with Gasteiger partial charge in [0.1, 0.15) is 5.69 Å². The van der Waals surface area contributed by atoms with E-state index in [1.165, 1.54) is 17.4 Å². The summed E-state index contributed by atoms with van der Waals surface area (Å²) in [5.74, 6) is -2.17. The first-order chi connectivity index (χ1) is 8.16. The van der Waals surface area contributed by atoms with E-state index in [1.54, 1.807) is 10.9 Å². The maximum atomic E-state index is 12.9. The van der Waals surface area contributed by atoms with Gasteiger partial charge in [0.15, 0.2) is 11.6 Å². The summed E-state index contributed by atoms with van der Waals surface area (Å²) in [5.41, 5.74) is 2.36. The lowest BCUT2D eigenvalue weighted by molar-refractivity contribution is 0.0946. The van der Waals surface area contributed by atoms with E-state index in [1.807, 2.05) is 0 Å². The first-order valence-corrected chi connectivity index (χ1v) is 5.71. The molecule has 3 nitrogen and oxygen atoms in total. The van der Waals surface area contributed by atoms with Crippen molar-refractivity contribution in [2.75, 3.05) is 0 Å². The number of carbonyl (C=O) groups excluding carboxylic acids is 1. The number of hydrogen-bond acceptors (Lipinski definition) is 3. The van der Waals surface area contributed by atoms with E-state index in [4.69, 9.17) is 0 Å². The molecule has 0 fully saturated rings. The van der Waals surface area contributed by atoms with Gasteiger partial charge in [-0.25, -0.2) is 13.8 Å². The summed E-state index contributed by atoms with van der Waals surface area (Å²) in [6.07, 6.45) is 0. The second-order valence-electron chi connectivity index (χ2n) is 3.30. The van der Waals surface area contributed by atoms with Crippen LogP contribution in [0, 0.1) is 11.6 Å². The lowest BCUT2D eigenvalue weighted by atomic mass is 10.2. The number of benzene rings is 1. The molecule has 0 unspecified atom stereocenters. The molecule has 0 spiro atoms. The predicted molar refractivity (Wildman–Crippen MR) is 59.6 cm³/mol. The Labute approximate surface area is 100 Å². The van der Waals surface area contributed by atoms with Gasteiger partial charge in [0.2, 0.25) is 0 Å². The van der Waals surface area contributed by atoms with Crippen LogP contribution in [0.5, 0.6) is 0 Å². The average molecular weight is 254 g/mol. The number of nitrogens with zero attached hydrogens (tertiary/aromatic N) is 1. The van der Waals surface area contributed by atoms with Crippen molar-refractivity contribution in [3.05, 3.63) is 52.0 Å². The van der Waals surface area contributed by atoms with Crippen molar-refractivity contribution in [3.8, 4) is 0 Å². The molecule has 1 aromatic heterocycles. The smallest absolute Gasteiger partial charge is 0.271 e. The third kappa shape index (κ3) is 2.85. The van der Waals surface area contributed by atoms with Crippen LogP contribution in [0.4, 0.5) is 8.78 Å². The van der Waals surface area contributed by atoms with Gasteiger partial charge < -0.3 is 5.32 Å². The summed E-state index contributed by atoms with van der Waals surface area (Å²) in [5, 5.41) is 4.18. The molecular weight excluding hydrogens is 246 g/mol. The highest BCUT2D eigenvalue weighted by atomic mass is 32.1. The van der Waals surface area contributed by atoms with Crippen molar-refractivity contribution in [3.63, 3.8) is 0 Å². The molecule has 6 heteroatoms. The fraction of sp³-hybridized carbons (Fsp3) is 0.0909. The van der Waals surface area contributed by atoms with Crippen LogP contribution in [-0.4, -0.2) is 10.9 Å². The molecule has 0 atom stereocenters. The van der Waals surface area contributed by atoms with Crippen molar-refractivity contribution in [2.24, 2.45) is 0 Å². The Morgan fingerprint density at radius 2 is 2.18 bits per heavy atom. The van der Waals surface area contributed by atoms with E-state index in [0.717, 1.165) is 12.1 Å². The topological polar surface area (TPSA) is 42.0 Å². The molecule has 17 heavy (non-hydrogen) atoms. The summed E-state index contributed by atoms with van der Waals surface area (Å²) in [6, 6.07) is 3.50. The normalized spacial score (nSPS) is 10.2. The number of hydrogen-bond donors (Lipinski definition) is 1. The second-order valence-corrected chi connectivity index (χ2v) is 4.02. The van der Waals surface area contributed by atoms with Gasteiger partial charge in [-0.15, -0.1) is 11.3 Å². The quantitative estimate of drug-likeness (QED) is 0.913. The Balaban J connectivity index is 1.98. The van der Waals surface area contributed by atoms with Crippen LogP contribution in [0.1, 0.15) is 16.1 Å². The van der Waals surface area contributed by atoms with Crippen LogP contribution in [-0.2, 0) is 6.54 Å². The highest BCUT2D eigenvalue weighted by molar-refractivity contribution is 7.07. The molecule has 0 aliphatic carbocycles. The Hall–Kier alpha value is -1.82. The van der Waals surface area contributed by atoms with Crippen molar-refractivity contribution in [1.29, 1.82) is 0 Å². The molecule has 0 aliphatic rings. The molecule has 2 rings (SSSR count). The maximum Gasteiger partial charge on any atom is 0.271 e. The number of rotatable bonds is 3. The van der Waals surface area contributed by atoms with Crippen LogP contribution in [0.3, 0.4) is 0 Å². The van der Waals surface area contributed by atoms with Crippen LogP contribution >= 0.6 is 11.3 Å². The zero-order valence-corrected chi connectivity index (χ0v) is 9.43. The number of carbonyl (C=O) groups is 1. The lowest BCUT2D eigenvalue weighted by Gasteiger charge is -2.03. The molecule has 0 bridgehead atoms. The number of aromatic nitrogens is 1. The maximum absolute atomic E-state index is 12.9. The summed E-state index contributed by atoms with van der Waals surface area (Å²) in [7, 11) is 0. The minimum absolute atomic E-state index is 0.132. The van der Waals surface area contributed by atoms with Gasteiger partial charge in [0.25, 0.3) is 5.91 Å². The molecular formula is C11H8F2N2OS. The number of nitrogens with one attached hydrogen (secondary N) is 1. The third-order valence-corrected chi connectivity index (χ3v) is 2.69. The average Bonchev–Trinajstić information content (AvgIpc) is 2.84. The number of halogens is 2. The minimum Gasteiger partial charge on any atom is -0.347 e. The molecule has 1 heterocycles. The zero-order chi connectivity index (χ0) is 12.3. The van der Waals surface area contributed by atoms with E-state index in [2.05, 4.69) is 10.3 Å². The molecule has 0 saturated carbocycles. The first-order valence-electron chi connectivity index (χ1n) is 4.77. The molecule has 88 valence electrons. The first kappa shape index (κ1) is 11.7. The van der Waals surface area contributed by atoms with Crippen molar-refractivity contribution >= 4 is 17.2 Å². The van der Waals surface area contributed by atoms with Gasteiger partial charge in [0, 0.05) is 11.9 Å². The van der Waals surface area contributed by atoms with Crippen molar-refractivity contribution in [2.45, 2.75) is 6.54 Å². The largest absolute Gasteiger partial charge is 0.347 e. The predicted octanol–water partition coefficient (Wildman–Crippen LogP) is 2.35. The summed E-state index contributed by atoms with van der Waals surface area (Å²) < 4.78 is 25.5. The number of amides is 1. The Kier molecular flexibility index (Phi) is 3.43. The molecule has 1 aromatic carbocycles. The van der Waals surface area contributed by atoms with E-state index in [-0.39, 0.29) is 12.5 Å². The third-order valence-electron chi connectivity index (χ3n) is 2.10. The van der Waals surface area contributed by atoms with Gasteiger partial charge in [-0.1, -0.05) is 6.07 Å². The molecule has 0 saturated heterocycles. The zero-order valence-electron chi connectivity index (χ0n) is 8.61. The fourth-order valence-corrected chi connectivity index (χ4v) is 1.78. The van der Waals surface area contributed by atoms with E-state index < -0.39 is 11.6 Å². The van der Waals surface area contributed by atoms with E-state index >= 15 is 0 Å². The van der Waals surface area contributed by atoms with Crippen LogP contribution in [0.15, 0.2) is 29.1 Å². The van der Waals surface area contributed by atoms with E-state index in [9.17, 15) is 13.6 Å². The fourth-order valence-electron chi connectivity index (χ4n) is 1.25. The van der Waals surface area contributed by atoms with Gasteiger partial charge in [0.05, 0.1) is 5.51 Å². The SMILES string of the molecule is O=C(NCc1ccc(F)c(F)c1)c1cscn1. The Morgan fingerprint density at radius 3 is 2.82 bits per heavy atom. The van der Waals surface area contributed by atoms with Gasteiger partial charge in [-0.2, -0.15) is 0 Å². The van der Waals surface area contributed by atoms with Crippen LogP contribution in [0.2, 0.25) is 0 Å². The highest BCUT2D eigenvalue weighted by Crippen LogP contribution is 2.08.